The number of hydrogen-bond acceptors (Lipinski definition) is 5. The Kier molecular flexibility index (Phi) is 6.19. The van der Waals surface area contributed by atoms with Crippen LogP contribution in [0.5, 0.6) is 5.75 Å². The molecule has 0 aliphatic heterocycles. The Labute approximate surface area is 169 Å². The zero-order chi connectivity index (χ0) is 21.0. The number of aryl methyl sites for hydroxylation is 1. The molecule has 2 aromatic carbocycles. The molecule has 0 saturated heterocycles. The van der Waals surface area contributed by atoms with Gasteiger partial charge in [-0.05, 0) is 67.8 Å². The van der Waals surface area contributed by atoms with E-state index in [1.165, 1.54) is 19.1 Å². The number of ether oxygens (including phenoxy) is 1. The van der Waals surface area contributed by atoms with E-state index in [9.17, 15) is 18.0 Å². The molecule has 0 aromatic heterocycles. The molecule has 2 amide bonds. The molecule has 3 N–H and O–H groups in total. The van der Waals surface area contributed by atoms with Gasteiger partial charge in [-0.15, -0.1) is 0 Å². The molecular formula is C20H23N3O5S. The fourth-order valence-corrected chi connectivity index (χ4v) is 4.01. The van der Waals surface area contributed by atoms with Crippen LogP contribution in [0.15, 0.2) is 47.4 Å². The van der Waals surface area contributed by atoms with Gasteiger partial charge in [-0.2, -0.15) is 0 Å². The Bertz CT molecular complexity index is 1010. The van der Waals surface area contributed by atoms with Crippen LogP contribution in [0.4, 0.5) is 11.4 Å². The van der Waals surface area contributed by atoms with Crippen LogP contribution in [0.3, 0.4) is 0 Å². The van der Waals surface area contributed by atoms with Gasteiger partial charge in [-0.1, -0.05) is 0 Å². The van der Waals surface area contributed by atoms with Crippen LogP contribution in [0, 0.1) is 6.92 Å². The average molecular weight is 417 g/mol. The van der Waals surface area contributed by atoms with Crippen molar-refractivity contribution in [2.75, 3.05) is 17.2 Å². The van der Waals surface area contributed by atoms with Gasteiger partial charge in [0.25, 0.3) is 5.91 Å². The van der Waals surface area contributed by atoms with Crippen molar-refractivity contribution < 1.29 is 22.7 Å². The van der Waals surface area contributed by atoms with Crippen molar-refractivity contribution in [3.05, 3.63) is 48.0 Å². The zero-order valence-corrected chi connectivity index (χ0v) is 17.0. The second-order valence-electron chi connectivity index (χ2n) is 6.92. The van der Waals surface area contributed by atoms with Gasteiger partial charge in [-0.25, -0.2) is 13.1 Å². The number of anilines is 2. The predicted octanol–water partition coefficient (Wildman–Crippen LogP) is 2.41. The molecule has 3 rings (SSSR count). The van der Waals surface area contributed by atoms with E-state index in [0.717, 1.165) is 12.8 Å². The van der Waals surface area contributed by atoms with Gasteiger partial charge in [-0.3, -0.25) is 9.59 Å². The maximum absolute atomic E-state index is 12.3. The predicted molar refractivity (Wildman–Crippen MR) is 109 cm³/mol. The first kappa shape index (κ1) is 20.8. The lowest BCUT2D eigenvalue weighted by Gasteiger charge is -2.12. The summed E-state index contributed by atoms with van der Waals surface area (Å²) in [5.41, 5.74) is 1.82. The third kappa shape index (κ3) is 6.03. The van der Waals surface area contributed by atoms with Crippen molar-refractivity contribution in [3.8, 4) is 5.75 Å². The minimum absolute atomic E-state index is 0.0345. The normalized spacial score (nSPS) is 13.6. The van der Waals surface area contributed by atoms with Crippen LogP contribution in [-0.2, 0) is 19.6 Å². The molecule has 0 unspecified atom stereocenters. The molecule has 154 valence electrons. The Morgan fingerprint density at radius 3 is 2.21 bits per heavy atom. The van der Waals surface area contributed by atoms with Crippen LogP contribution in [0.25, 0.3) is 0 Å². The summed E-state index contributed by atoms with van der Waals surface area (Å²) in [6.07, 6.45) is 1.73. The number of amides is 2. The van der Waals surface area contributed by atoms with Crippen molar-refractivity contribution >= 4 is 33.2 Å². The van der Waals surface area contributed by atoms with Crippen LogP contribution in [-0.4, -0.2) is 32.9 Å². The SMILES string of the molecule is CC(=O)Nc1ccc(NC(=O)COc2ccc(S(=O)(=O)NC3CC3)cc2C)cc1. The van der Waals surface area contributed by atoms with Crippen molar-refractivity contribution in [1.82, 2.24) is 4.72 Å². The van der Waals surface area contributed by atoms with Gasteiger partial charge in [0, 0.05) is 24.3 Å². The number of carbonyl (C=O) groups excluding carboxylic acids is 2. The summed E-state index contributed by atoms with van der Waals surface area (Å²) in [6.45, 7) is 2.92. The van der Waals surface area contributed by atoms with E-state index in [2.05, 4.69) is 15.4 Å². The maximum Gasteiger partial charge on any atom is 0.262 e. The third-order valence-corrected chi connectivity index (χ3v) is 5.72. The van der Waals surface area contributed by atoms with Gasteiger partial charge in [0.05, 0.1) is 4.90 Å². The van der Waals surface area contributed by atoms with E-state index in [0.29, 0.717) is 22.7 Å². The van der Waals surface area contributed by atoms with Crippen LogP contribution < -0.4 is 20.1 Å². The molecule has 9 heteroatoms. The first-order valence-corrected chi connectivity index (χ1v) is 10.6. The monoisotopic (exact) mass is 417 g/mol. The molecule has 1 aliphatic rings. The molecule has 1 fully saturated rings. The fourth-order valence-electron chi connectivity index (χ4n) is 2.62. The first-order chi connectivity index (χ1) is 13.7. The molecule has 29 heavy (non-hydrogen) atoms. The lowest BCUT2D eigenvalue weighted by atomic mass is 10.2. The van der Waals surface area contributed by atoms with E-state index in [4.69, 9.17) is 4.74 Å². The number of benzene rings is 2. The van der Waals surface area contributed by atoms with E-state index in [1.54, 1.807) is 37.3 Å². The van der Waals surface area contributed by atoms with Crippen molar-refractivity contribution in [1.29, 1.82) is 0 Å². The van der Waals surface area contributed by atoms with E-state index in [1.807, 2.05) is 0 Å². The smallest absolute Gasteiger partial charge is 0.262 e. The highest BCUT2D eigenvalue weighted by atomic mass is 32.2. The van der Waals surface area contributed by atoms with Gasteiger partial charge >= 0.3 is 0 Å². The Balaban J connectivity index is 1.55. The third-order valence-electron chi connectivity index (χ3n) is 4.20. The van der Waals surface area contributed by atoms with Crippen molar-refractivity contribution in [2.24, 2.45) is 0 Å². The first-order valence-electron chi connectivity index (χ1n) is 9.16. The van der Waals surface area contributed by atoms with Gasteiger partial charge in [0.15, 0.2) is 6.61 Å². The molecule has 0 heterocycles. The maximum atomic E-state index is 12.3. The molecular weight excluding hydrogens is 394 g/mol. The summed E-state index contributed by atoms with van der Waals surface area (Å²) in [4.78, 5) is 23.3. The second kappa shape index (κ2) is 8.62. The second-order valence-corrected chi connectivity index (χ2v) is 8.63. The summed E-state index contributed by atoms with van der Waals surface area (Å²) in [6, 6.07) is 11.3. The summed E-state index contributed by atoms with van der Waals surface area (Å²) >= 11 is 0. The van der Waals surface area contributed by atoms with E-state index < -0.39 is 10.0 Å². The average Bonchev–Trinajstić information content (AvgIpc) is 3.45. The molecule has 0 spiro atoms. The number of hydrogen-bond donors (Lipinski definition) is 3. The minimum Gasteiger partial charge on any atom is -0.483 e. The van der Waals surface area contributed by atoms with E-state index in [-0.39, 0.29) is 29.4 Å². The Morgan fingerprint density at radius 2 is 1.66 bits per heavy atom. The van der Waals surface area contributed by atoms with Crippen LogP contribution >= 0.6 is 0 Å². The molecule has 8 nitrogen and oxygen atoms in total. The molecule has 1 saturated carbocycles. The minimum atomic E-state index is -3.53. The van der Waals surface area contributed by atoms with Gasteiger partial charge < -0.3 is 15.4 Å². The molecule has 0 atom stereocenters. The Morgan fingerprint density at radius 1 is 1.03 bits per heavy atom. The quantitative estimate of drug-likeness (QED) is 0.610. The highest BCUT2D eigenvalue weighted by Crippen LogP contribution is 2.25. The summed E-state index contributed by atoms with van der Waals surface area (Å²) in [5, 5.41) is 5.34. The molecule has 0 bridgehead atoms. The number of sulfonamides is 1. The summed E-state index contributed by atoms with van der Waals surface area (Å²) in [5.74, 6) is -0.0944. The summed E-state index contributed by atoms with van der Waals surface area (Å²) in [7, 11) is -3.53. The van der Waals surface area contributed by atoms with Crippen molar-refractivity contribution in [2.45, 2.75) is 37.6 Å². The van der Waals surface area contributed by atoms with Gasteiger partial charge in [0.1, 0.15) is 5.75 Å². The lowest BCUT2D eigenvalue weighted by Crippen LogP contribution is -2.25. The molecule has 2 aromatic rings. The highest BCUT2D eigenvalue weighted by molar-refractivity contribution is 7.89. The fraction of sp³-hybridized carbons (Fsp3) is 0.300. The topological polar surface area (TPSA) is 114 Å². The highest BCUT2D eigenvalue weighted by Gasteiger charge is 2.28. The standard InChI is InChI=1S/C20H23N3O5S/c1-13-11-18(29(26,27)23-17-7-8-17)9-10-19(13)28-12-20(25)22-16-5-3-15(4-6-16)21-14(2)24/h3-6,9-11,17,23H,7-8,12H2,1-2H3,(H,21,24)(H,22,25). The number of carbonyl (C=O) groups is 2. The van der Waals surface area contributed by atoms with Crippen LogP contribution in [0.2, 0.25) is 0 Å². The number of nitrogens with one attached hydrogen (secondary N) is 3. The Hall–Kier alpha value is -2.91. The molecule has 0 radical (unpaired) electrons. The largest absolute Gasteiger partial charge is 0.483 e. The van der Waals surface area contributed by atoms with E-state index >= 15 is 0 Å². The van der Waals surface area contributed by atoms with Crippen LogP contribution in [0.1, 0.15) is 25.3 Å². The zero-order valence-electron chi connectivity index (χ0n) is 16.2. The van der Waals surface area contributed by atoms with Gasteiger partial charge in [0.2, 0.25) is 15.9 Å². The van der Waals surface area contributed by atoms with Crippen molar-refractivity contribution in [3.63, 3.8) is 0 Å². The lowest BCUT2D eigenvalue weighted by molar-refractivity contribution is -0.118. The summed E-state index contributed by atoms with van der Waals surface area (Å²) < 4.78 is 32.7. The number of rotatable bonds is 8. The molecule has 1 aliphatic carbocycles.